The Kier molecular flexibility index (Phi) is 4.20. The number of aliphatic carboxylic acids is 1. The molecule has 1 aromatic heterocycles. The molecule has 0 radical (unpaired) electrons. The van der Waals surface area contributed by atoms with E-state index in [1.165, 1.54) is 12.3 Å². The molecule has 0 aliphatic heterocycles. The maximum absolute atomic E-state index is 12.1. The zero-order valence-electron chi connectivity index (χ0n) is 11.0. The van der Waals surface area contributed by atoms with Gasteiger partial charge in [-0.25, -0.2) is 4.79 Å². The van der Waals surface area contributed by atoms with Crippen molar-refractivity contribution in [2.45, 2.75) is 19.4 Å². The summed E-state index contributed by atoms with van der Waals surface area (Å²) in [6.07, 6.45) is 1.99. The maximum atomic E-state index is 12.1. The fourth-order valence-electron chi connectivity index (χ4n) is 1.96. The number of hydrogen-bond acceptors (Lipinski definition) is 3. The summed E-state index contributed by atoms with van der Waals surface area (Å²) in [5.41, 5.74) is 0.893. The van der Waals surface area contributed by atoms with Gasteiger partial charge in [0.2, 0.25) is 0 Å². The third-order valence-electron chi connectivity index (χ3n) is 2.97. The first-order valence-electron chi connectivity index (χ1n) is 6.28. The lowest BCUT2D eigenvalue weighted by Crippen LogP contribution is -2.33. The predicted octanol–water partition coefficient (Wildman–Crippen LogP) is 2.40. The minimum atomic E-state index is -1.11. The van der Waals surface area contributed by atoms with Crippen LogP contribution in [0.5, 0.6) is 0 Å². The van der Waals surface area contributed by atoms with E-state index in [1.54, 1.807) is 30.3 Å². The molecule has 0 aliphatic carbocycles. The number of carbonyl (C=O) groups is 2. The van der Waals surface area contributed by atoms with Gasteiger partial charge >= 0.3 is 5.97 Å². The number of amides is 1. The van der Waals surface area contributed by atoms with Gasteiger partial charge in [-0.2, -0.15) is 0 Å². The summed E-state index contributed by atoms with van der Waals surface area (Å²) in [7, 11) is 0. The number of rotatable bonds is 5. The van der Waals surface area contributed by atoms with Crippen molar-refractivity contribution in [3.63, 3.8) is 0 Å². The molecule has 0 aliphatic rings. The molecule has 2 rings (SSSR count). The molecule has 0 unspecified atom stereocenters. The largest absolute Gasteiger partial charge is 0.479 e. The standard InChI is InChI=1S/C15H15NO4/c1-2-12-11(8-9-20-12)14(17)16-13(15(18)19)10-6-4-3-5-7-10/h3-9,13H,2H2,1H3,(H,16,17)(H,18,19)/t13-/m0/s1. The van der Waals surface area contributed by atoms with Crippen LogP contribution in [0.2, 0.25) is 0 Å². The number of nitrogens with one attached hydrogen (secondary N) is 1. The Labute approximate surface area is 116 Å². The van der Waals surface area contributed by atoms with E-state index in [4.69, 9.17) is 4.42 Å². The molecule has 1 aromatic carbocycles. The molecular formula is C15H15NO4. The summed E-state index contributed by atoms with van der Waals surface area (Å²) < 4.78 is 5.17. The average molecular weight is 273 g/mol. The van der Waals surface area contributed by atoms with Crippen LogP contribution in [0.25, 0.3) is 0 Å². The lowest BCUT2D eigenvalue weighted by Gasteiger charge is -2.14. The molecule has 2 aromatic rings. The Hall–Kier alpha value is -2.56. The summed E-state index contributed by atoms with van der Waals surface area (Å²) in [5, 5.41) is 11.8. The highest BCUT2D eigenvalue weighted by Gasteiger charge is 2.24. The lowest BCUT2D eigenvalue weighted by atomic mass is 10.1. The number of carboxylic acid groups (broad SMARTS) is 1. The van der Waals surface area contributed by atoms with Crippen LogP contribution in [0.4, 0.5) is 0 Å². The molecule has 20 heavy (non-hydrogen) atoms. The van der Waals surface area contributed by atoms with Crippen molar-refractivity contribution >= 4 is 11.9 Å². The zero-order chi connectivity index (χ0) is 14.5. The van der Waals surface area contributed by atoms with Crippen LogP contribution in [0, 0.1) is 0 Å². The Morgan fingerprint density at radius 2 is 1.95 bits per heavy atom. The molecule has 5 nitrogen and oxygen atoms in total. The number of carbonyl (C=O) groups excluding carboxylic acids is 1. The van der Waals surface area contributed by atoms with Gasteiger partial charge in [0.05, 0.1) is 11.8 Å². The van der Waals surface area contributed by atoms with Crippen LogP contribution >= 0.6 is 0 Å². The van der Waals surface area contributed by atoms with Crippen LogP contribution in [-0.4, -0.2) is 17.0 Å². The topological polar surface area (TPSA) is 79.5 Å². The highest BCUT2D eigenvalue weighted by atomic mass is 16.4. The minimum absolute atomic E-state index is 0.370. The van der Waals surface area contributed by atoms with E-state index >= 15 is 0 Å². The second kappa shape index (κ2) is 6.06. The van der Waals surface area contributed by atoms with E-state index in [1.807, 2.05) is 6.92 Å². The summed E-state index contributed by atoms with van der Waals surface area (Å²) in [6, 6.07) is 9.03. The molecule has 0 bridgehead atoms. The molecule has 0 spiro atoms. The van der Waals surface area contributed by atoms with E-state index in [9.17, 15) is 14.7 Å². The number of carboxylic acids is 1. The van der Waals surface area contributed by atoms with E-state index in [0.717, 1.165) is 0 Å². The highest BCUT2D eigenvalue weighted by Crippen LogP contribution is 2.16. The van der Waals surface area contributed by atoms with Crippen molar-refractivity contribution in [3.8, 4) is 0 Å². The van der Waals surface area contributed by atoms with Gasteiger partial charge in [0.25, 0.3) is 5.91 Å². The smallest absolute Gasteiger partial charge is 0.330 e. The van der Waals surface area contributed by atoms with Crippen molar-refractivity contribution in [2.75, 3.05) is 0 Å². The summed E-state index contributed by atoms with van der Waals surface area (Å²) in [6.45, 7) is 1.86. The maximum Gasteiger partial charge on any atom is 0.330 e. The van der Waals surface area contributed by atoms with Gasteiger partial charge in [-0.05, 0) is 11.6 Å². The predicted molar refractivity (Wildman–Crippen MR) is 72.4 cm³/mol. The van der Waals surface area contributed by atoms with Crippen LogP contribution < -0.4 is 5.32 Å². The first kappa shape index (κ1) is 13.9. The van der Waals surface area contributed by atoms with Crippen LogP contribution in [0.15, 0.2) is 47.1 Å². The Bertz CT molecular complexity index is 603. The normalized spacial score (nSPS) is 11.8. The van der Waals surface area contributed by atoms with E-state index in [2.05, 4.69) is 5.32 Å². The highest BCUT2D eigenvalue weighted by molar-refractivity contribution is 5.97. The fraction of sp³-hybridized carbons (Fsp3) is 0.200. The summed E-state index contributed by atoms with van der Waals surface area (Å²) >= 11 is 0. The molecule has 0 saturated heterocycles. The van der Waals surface area contributed by atoms with Crippen LogP contribution in [-0.2, 0) is 11.2 Å². The van der Waals surface area contributed by atoms with Crippen LogP contribution in [0.1, 0.15) is 34.6 Å². The SMILES string of the molecule is CCc1occc1C(=O)N[C@H](C(=O)O)c1ccccc1. The van der Waals surface area contributed by atoms with Crippen molar-refractivity contribution in [1.29, 1.82) is 0 Å². The third kappa shape index (κ3) is 2.88. The van der Waals surface area contributed by atoms with Gasteiger partial charge in [0, 0.05) is 6.42 Å². The van der Waals surface area contributed by atoms with Gasteiger partial charge in [0.1, 0.15) is 5.76 Å². The Morgan fingerprint density at radius 3 is 2.55 bits per heavy atom. The molecule has 1 atom stereocenters. The van der Waals surface area contributed by atoms with E-state index in [0.29, 0.717) is 23.3 Å². The first-order chi connectivity index (χ1) is 9.63. The molecule has 0 fully saturated rings. The second-order valence-corrected chi connectivity index (χ2v) is 4.27. The van der Waals surface area contributed by atoms with Gasteiger partial charge in [-0.3, -0.25) is 4.79 Å². The van der Waals surface area contributed by atoms with Crippen molar-refractivity contribution in [1.82, 2.24) is 5.32 Å². The summed E-state index contributed by atoms with van der Waals surface area (Å²) in [5.74, 6) is -1.02. The van der Waals surface area contributed by atoms with Crippen molar-refractivity contribution in [2.24, 2.45) is 0 Å². The molecule has 5 heteroatoms. The van der Waals surface area contributed by atoms with Crippen LogP contribution in [0.3, 0.4) is 0 Å². The van der Waals surface area contributed by atoms with Gasteiger partial charge < -0.3 is 14.8 Å². The quantitative estimate of drug-likeness (QED) is 0.876. The second-order valence-electron chi connectivity index (χ2n) is 4.27. The third-order valence-corrected chi connectivity index (χ3v) is 2.97. The molecular weight excluding hydrogens is 258 g/mol. The van der Waals surface area contributed by atoms with Gasteiger partial charge in [-0.15, -0.1) is 0 Å². The van der Waals surface area contributed by atoms with Crippen molar-refractivity contribution in [3.05, 3.63) is 59.5 Å². The zero-order valence-corrected chi connectivity index (χ0v) is 11.0. The fourth-order valence-corrected chi connectivity index (χ4v) is 1.96. The Morgan fingerprint density at radius 1 is 1.25 bits per heavy atom. The number of furan rings is 1. The molecule has 1 amide bonds. The molecule has 1 heterocycles. The minimum Gasteiger partial charge on any atom is -0.479 e. The van der Waals surface area contributed by atoms with Gasteiger partial charge in [-0.1, -0.05) is 37.3 Å². The average Bonchev–Trinajstić information content (AvgIpc) is 2.93. The van der Waals surface area contributed by atoms with Crippen molar-refractivity contribution < 1.29 is 19.1 Å². The molecule has 0 saturated carbocycles. The monoisotopic (exact) mass is 273 g/mol. The van der Waals surface area contributed by atoms with E-state index < -0.39 is 17.9 Å². The molecule has 104 valence electrons. The number of benzene rings is 1. The van der Waals surface area contributed by atoms with E-state index in [-0.39, 0.29) is 0 Å². The molecule has 2 N–H and O–H groups in total. The first-order valence-corrected chi connectivity index (χ1v) is 6.28. The van der Waals surface area contributed by atoms with Gasteiger partial charge in [0.15, 0.2) is 6.04 Å². The lowest BCUT2D eigenvalue weighted by molar-refractivity contribution is -0.139. The number of aryl methyl sites for hydroxylation is 1. The Balaban J connectivity index is 2.21. The summed E-state index contributed by atoms with van der Waals surface area (Å²) in [4.78, 5) is 23.5. The number of hydrogen-bond donors (Lipinski definition) is 2.